The molecule has 124 valence electrons. The van der Waals surface area contributed by atoms with Gasteiger partial charge in [-0.3, -0.25) is 4.98 Å². The second-order valence-corrected chi connectivity index (χ2v) is 6.09. The van der Waals surface area contributed by atoms with E-state index in [2.05, 4.69) is 16.9 Å². The maximum atomic E-state index is 13.3. The van der Waals surface area contributed by atoms with Crippen LogP contribution < -0.4 is 10.5 Å². The summed E-state index contributed by atoms with van der Waals surface area (Å²) < 4.78 is 19.1. The molecule has 0 radical (unpaired) electrons. The Morgan fingerprint density at radius 1 is 1.26 bits per heavy atom. The van der Waals surface area contributed by atoms with E-state index in [9.17, 15) is 4.39 Å². The lowest BCUT2D eigenvalue weighted by Crippen LogP contribution is -2.21. The second kappa shape index (κ2) is 8.02. The maximum absolute atomic E-state index is 13.3. The highest BCUT2D eigenvalue weighted by molar-refractivity contribution is 5.60. The maximum Gasteiger partial charge on any atom is 0.143 e. The van der Waals surface area contributed by atoms with Crippen LogP contribution in [-0.2, 0) is 6.67 Å². The average Bonchev–Trinajstić information content (AvgIpc) is 2.52. The first-order valence-electron chi connectivity index (χ1n) is 7.87. The fraction of sp³-hybridized carbons (Fsp3) is 0.444. The molecule has 23 heavy (non-hydrogen) atoms. The molecule has 2 heterocycles. The number of ether oxygens (including phenoxy) is 1. The molecule has 0 spiro atoms. The molecule has 2 aromatic heterocycles. The van der Waals surface area contributed by atoms with Gasteiger partial charge in [0.1, 0.15) is 18.1 Å². The van der Waals surface area contributed by atoms with Crippen LogP contribution in [0.25, 0.3) is 11.3 Å². The molecule has 0 saturated heterocycles. The smallest absolute Gasteiger partial charge is 0.143 e. The van der Waals surface area contributed by atoms with Gasteiger partial charge in [0.15, 0.2) is 0 Å². The second-order valence-electron chi connectivity index (χ2n) is 6.09. The van der Waals surface area contributed by atoms with Crippen LogP contribution in [-0.4, -0.2) is 22.6 Å². The van der Waals surface area contributed by atoms with Gasteiger partial charge in [-0.25, -0.2) is 9.37 Å². The van der Waals surface area contributed by atoms with Gasteiger partial charge in [-0.1, -0.05) is 6.92 Å². The summed E-state index contributed by atoms with van der Waals surface area (Å²) in [6.45, 7) is 5.80. The van der Waals surface area contributed by atoms with Crippen LogP contribution in [0.1, 0.15) is 31.7 Å². The zero-order chi connectivity index (χ0) is 16.8. The van der Waals surface area contributed by atoms with E-state index in [0.29, 0.717) is 24.0 Å². The van der Waals surface area contributed by atoms with E-state index in [1.165, 1.54) is 0 Å². The largest absolute Gasteiger partial charge is 0.491 e. The van der Waals surface area contributed by atoms with E-state index in [0.717, 1.165) is 23.4 Å². The highest BCUT2D eigenvalue weighted by Gasteiger charge is 2.11. The Balaban J connectivity index is 2.13. The normalized spacial score (nSPS) is 13.6. The third-order valence-electron chi connectivity index (χ3n) is 3.55. The van der Waals surface area contributed by atoms with Gasteiger partial charge in [-0.05, 0) is 50.5 Å². The van der Waals surface area contributed by atoms with Gasteiger partial charge in [0.2, 0.25) is 0 Å². The summed E-state index contributed by atoms with van der Waals surface area (Å²) in [5, 5.41) is 0. The first-order valence-corrected chi connectivity index (χ1v) is 7.87. The molecule has 0 saturated carbocycles. The number of aryl methyl sites for hydroxylation is 1. The van der Waals surface area contributed by atoms with Gasteiger partial charge in [-0.15, -0.1) is 0 Å². The Labute approximate surface area is 136 Å². The minimum absolute atomic E-state index is 0.129. The van der Waals surface area contributed by atoms with Crippen molar-refractivity contribution in [2.45, 2.75) is 39.9 Å². The number of nitrogens with zero attached hydrogens (tertiary/aromatic N) is 2. The summed E-state index contributed by atoms with van der Waals surface area (Å²) in [5.74, 6) is 0.809. The van der Waals surface area contributed by atoms with Crippen molar-refractivity contribution in [1.29, 1.82) is 0 Å². The van der Waals surface area contributed by atoms with Crippen molar-refractivity contribution in [3.05, 3.63) is 41.9 Å². The highest BCUT2D eigenvalue weighted by Crippen LogP contribution is 2.25. The number of hydrogen-bond donors (Lipinski definition) is 1. The quantitative estimate of drug-likeness (QED) is 0.846. The summed E-state index contributed by atoms with van der Waals surface area (Å²) in [5.41, 5.74) is 8.65. The predicted octanol–water partition coefficient (Wildman–Crippen LogP) is 3.67. The van der Waals surface area contributed by atoms with Gasteiger partial charge < -0.3 is 10.5 Å². The highest BCUT2D eigenvalue weighted by atomic mass is 19.1. The molecule has 0 bridgehead atoms. The Morgan fingerprint density at radius 3 is 2.70 bits per heavy atom. The van der Waals surface area contributed by atoms with Gasteiger partial charge in [0.05, 0.1) is 12.3 Å². The van der Waals surface area contributed by atoms with E-state index in [-0.39, 0.29) is 6.04 Å². The molecule has 2 atom stereocenters. The van der Waals surface area contributed by atoms with Crippen LogP contribution in [0.3, 0.4) is 0 Å². The molecule has 2 rings (SSSR count). The Bertz CT molecular complexity index is 646. The van der Waals surface area contributed by atoms with Crippen molar-refractivity contribution < 1.29 is 9.13 Å². The molecule has 0 aliphatic carbocycles. The minimum atomic E-state index is -0.658. The number of hydrogen-bond acceptors (Lipinski definition) is 4. The molecule has 2 N–H and O–H groups in total. The van der Waals surface area contributed by atoms with Crippen molar-refractivity contribution in [1.82, 2.24) is 9.97 Å². The molecule has 0 amide bonds. The first kappa shape index (κ1) is 17.3. The Kier molecular flexibility index (Phi) is 6.04. The summed E-state index contributed by atoms with van der Waals surface area (Å²) in [4.78, 5) is 8.55. The van der Waals surface area contributed by atoms with Crippen molar-refractivity contribution in [2.24, 2.45) is 11.7 Å². The van der Waals surface area contributed by atoms with E-state index >= 15 is 0 Å². The van der Waals surface area contributed by atoms with E-state index in [1.807, 2.05) is 32.0 Å². The molecule has 0 aromatic carbocycles. The third-order valence-corrected chi connectivity index (χ3v) is 3.55. The number of aromatic nitrogens is 2. The van der Waals surface area contributed by atoms with Crippen molar-refractivity contribution in [3.8, 4) is 17.0 Å². The molecular weight excluding hydrogens is 293 g/mol. The van der Waals surface area contributed by atoms with E-state index in [1.54, 1.807) is 12.3 Å². The molecule has 4 nitrogen and oxygen atoms in total. The molecule has 0 fully saturated rings. The molecule has 0 aliphatic heterocycles. The first-order chi connectivity index (χ1) is 11.0. The zero-order valence-corrected chi connectivity index (χ0v) is 13.9. The van der Waals surface area contributed by atoms with Crippen LogP contribution in [0.5, 0.6) is 5.75 Å². The summed E-state index contributed by atoms with van der Waals surface area (Å²) in [6.07, 6.45) is 2.59. The number of pyridine rings is 2. The predicted molar refractivity (Wildman–Crippen MR) is 89.9 cm³/mol. The van der Waals surface area contributed by atoms with Crippen LogP contribution in [0, 0.1) is 12.8 Å². The van der Waals surface area contributed by atoms with Gasteiger partial charge in [0.25, 0.3) is 0 Å². The number of alkyl halides is 1. The third kappa shape index (κ3) is 4.99. The van der Waals surface area contributed by atoms with Crippen molar-refractivity contribution >= 4 is 0 Å². The van der Waals surface area contributed by atoms with Crippen LogP contribution >= 0.6 is 0 Å². The standard InChI is InChI=1S/C18H24FN3O/c1-12(8-13(2)20)11-23-18-5-4-16(22-17(18)10-19)15-6-7-21-14(3)9-15/h4-7,9,12-13H,8,10-11,20H2,1-3H3. The van der Waals surface area contributed by atoms with Crippen LogP contribution in [0.4, 0.5) is 4.39 Å². The van der Waals surface area contributed by atoms with E-state index < -0.39 is 6.67 Å². The fourth-order valence-electron chi connectivity index (χ4n) is 2.52. The summed E-state index contributed by atoms with van der Waals surface area (Å²) in [7, 11) is 0. The molecule has 2 aromatic rings. The lowest BCUT2D eigenvalue weighted by Gasteiger charge is -2.16. The van der Waals surface area contributed by atoms with Crippen LogP contribution in [0.15, 0.2) is 30.5 Å². The molecule has 0 aliphatic rings. The molecule has 5 heteroatoms. The monoisotopic (exact) mass is 317 g/mol. The van der Waals surface area contributed by atoms with Crippen molar-refractivity contribution in [2.75, 3.05) is 6.61 Å². The fourth-order valence-corrected chi connectivity index (χ4v) is 2.52. The van der Waals surface area contributed by atoms with E-state index in [4.69, 9.17) is 10.5 Å². The van der Waals surface area contributed by atoms with Gasteiger partial charge in [-0.2, -0.15) is 0 Å². The summed E-state index contributed by atoms with van der Waals surface area (Å²) in [6, 6.07) is 7.55. The zero-order valence-electron chi connectivity index (χ0n) is 13.9. The lowest BCUT2D eigenvalue weighted by atomic mass is 10.0. The lowest BCUT2D eigenvalue weighted by molar-refractivity contribution is 0.241. The number of halogens is 1. The summed E-state index contributed by atoms with van der Waals surface area (Å²) >= 11 is 0. The Hall–Kier alpha value is -2.01. The Morgan fingerprint density at radius 2 is 2.04 bits per heavy atom. The SMILES string of the molecule is Cc1cc(-c2ccc(OCC(C)CC(C)N)c(CF)n2)ccn1. The number of nitrogens with two attached hydrogens (primary N) is 1. The molecule has 2 unspecified atom stereocenters. The van der Waals surface area contributed by atoms with Gasteiger partial charge in [0, 0.05) is 23.5 Å². The van der Waals surface area contributed by atoms with Gasteiger partial charge >= 0.3 is 0 Å². The minimum Gasteiger partial charge on any atom is -0.491 e. The van der Waals surface area contributed by atoms with Crippen LogP contribution in [0.2, 0.25) is 0 Å². The average molecular weight is 317 g/mol. The topological polar surface area (TPSA) is 61.0 Å². The number of rotatable bonds is 7. The molecular formula is C18H24FN3O. The van der Waals surface area contributed by atoms with Crippen molar-refractivity contribution in [3.63, 3.8) is 0 Å².